The number of hydrogen-bond donors (Lipinski definition) is 3. The zero-order valence-corrected chi connectivity index (χ0v) is 15.7. The van der Waals surface area contributed by atoms with Crippen molar-refractivity contribution in [3.8, 4) is 17.2 Å². The van der Waals surface area contributed by atoms with E-state index >= 15 is 0 Å². The van der Waals surface area contributed by atoms with Crippen LogP contribution in [0.5, 0.6) is 17.2 Å². The van der Waals surface area contributed by atoms with Gasteiger partial charge in [-0.05, 0) is 24.3 Å². The molecule has 2 amide bonds. The number of benzene rings is 2. The number of nitrogens with one attached hydrogen (secondary N) is 2. The van der Waals surface area contributed by atoms with E-state index in [2.05, 4.69) is 15.6 Å². The van der Waals surface area contributed by atoms with Gasteiger partial charge in [0.15, 0.2) is 11.6 Å². The van der Waals surface area contributed by atoms with Gasteiger partial charge >= 0.3 is 6.03 Å². The van der Waals surface area contributed by atoms with Crippen molar-refractivity contribution in [1.29, 1.82) is 0 Å². The minimum atomic E-state index is -1.34. The largest absolute Gasteiger partial charge is 0.487 e. The van der Waals surface area contributed by atoms with E-state index in [0.717, 1.165) is 5.56 Å². The molecular weight excluding hydrogens is 413 g/mol. The SMILES string of the molecule is Nc1cc(Oc2ccc3c(c2)C2C(NC(=O)Nc4cc(F)c(F)cc4F)C2O3)ccn1. The molecule has 1 aliphatic heterocycles. The first-order valence-electron chi connectivity index (χ1n) is 9.31. The van der Waals surface area contributed by atoms with E-state index in [4.69, 9.17) is 15.2 Å². The molecular formula is C21H15F3N4O3. The third-order valence-electron chi connectivity index (χ3n) is 5.10. The number of ether oxygens (including phenoxy) is 2. The second kappa shape index (κ2) is 7.08. The van der Waals surface area contributed by atoms with E-state index in [0.29, 0.717) is 35.2 Å². The van der Waals surface area contributed by atoms with Crippen molar-refractivity contribution in [2.45, 2.75) is 18.1 Å². The maximum absolute atomic E-state index is 13.7. The molecule has 5 rings (SSSR count). The minimum absolute atomic E-state index is 0.110. The Labute approximate surface area is 174 Å². The van der Waals surface area contributed by atoms with Crippen molar-refractivity contribution in [2.75, 3.05) is 11.1 Å². The Bertz CT molecular complexity index is 1210. The van der Waals surface area contributed by atoms with Crippen LogP contribution in [0.15, 0.2) is 48.7 Å². The molecule has 158 valence electrons. The molecule has 3 atom stereocenters. The number of nitrogen functional groups attached to an aromatic ring is 1. The topological polar surface area (TPSA) is 98.5 Å². The number of halogens is 3. The maximum atomic E-state index is 13.7. The molecule has 3 unspecified atom stereocenters. The Morgan fingerprint density at radius 2 is 1.81 bits per heavy atom. The number of nitrogens with two attached hydrogens (primary N) is 1. The van der Waals surface area contributed by atoms with Crippen LogP contribution in [0.3, 0.4) is 0 Å². The van der Waals surface area contributed by atoms with Gasteiger partial charge in [0.1, 0.15) is 35.0 Å². The number of nitrogens with zero attached hydrogens (tertiary/aromatic N) is 1. The van der Waals surface area contributed by atoms with Gasteiger partial charge < -0.3 is 25.8 Å². The second-order valence-electron chi connectivity index (χ2n) is 7.20. The van der Waals surface area contributed by atoms with E-state index in [-0.39, 0.29) is 18.1 Å². The number of rotatable bonds is 4. The Morgan fingerprint density at radius 1 is 1.03 bits per heavy atom. The molecule has 2 aromatic carbocycles. The Morgan fingerprint density at radius 3 is 2.61 bits per heavy atom. The quantitative estimate of drug-likeness (QED) is 0.547. The minimum Gasteiger partial charge on any atom is -0.487 e. The van der Waals surface area contributed by atoms with Crippen molar-refractivity contribution in [2.24, 2.45) is 0 Å². The lowest BCUT2D eigenvalue weighted by Crippen LogP contribution is -2.34. The van der Waals surface area contributed by atoms with E-state index in [1.54, 1.807) is 24.3 Å². The fraction of sp³-hybridized carbons (Fsp3) is 0.143. The monoisotopic (exact) mass is 428 g/mol. The number of carbonyl (C=O) groups is 1. The van der Waals surface area contributed by atoms with Gasteiger partial charge in [-0.15, -0.1) is 0 Å². The first kappa shape index (κ1) is 19.0. The molecule has 0 saturated heterocycles. The number of anilines is 2. The van der Waals surface area contributed by atoms with Crippen molar-refractivity contribution in [1.82, 2.24) is 10.3 Å². The average Bonchev–Trinajstić information content (AvgIpc) is 3.23. The third-order valence-corrected chi connectivity index (χ3v) is 5.10. The smallest absolute Gasteiger partial charge is 0.319 e. The summed E-state index contributed by atoms with van der Waals surface area (Å²) in [6.07, 6.45) is 1.26. The summed E-state index contributed by atoms with van der Waals surface area (Å²) < 4.78 is 51.7. The van der Waals surface area contributed by atoms with Gasteiger partial charge in [-0.25, -0.2) is 22.9 Å². The van der Waals surface area contributed by atoms with E-state index in [1.807, 2.05) is 6.07 Å². The molecule has 2 heterocycles. The van der Waals surface area contributed by atoms with Crippen LogP contribution in [0.2, 0.25) is 0 Å². The van der Waals surface area contributed by atoms with Gasteiger partial charge in [0.25, 0.3) is 0 Å². The van der Waals surface area contributed by atoms with Gasteiger partial charge in [0.05, 0.1) is 17.6 Å². The summed E-state index contributed by atoms with van der Waals surface area (Å²) in [5.41, 5.74) is 6.05. The molecule has 10 heteroatoms. The first-order chi connectivity index (χ1) is 14.9. The van der Waals surface area contributed by atoms with Crippen molar-refractivity contribution in [3.63, 3.8) is 0 Å². The van der Waals surface area contributed by atoms with Gasteiger partial charge in [0.2, 0.25) is 0 Å². The molecule has 3 aromatic rings. The predicted octanol–water partition coefficient (Wildman–Crippen LogP) is 3.92. The number of hydrogen-bond acceptors (Lipinski definition) is 5. The number of urea groups is 1. The number of fused-ring (bicyclic) bond motifs is 3. The van der Waals surface area contributed by atoms with Crippen LogP contribution >= 0.6 is 0 Å². The summed E-state index contributed by atoms with van der Waals surface area (Å²) in [4.78, 5) is 16.1. The van der Waals surface area contributed by atoms with Crippen LogP contribution in [-0.2, 0) is 0 Å². The van der Waals surface area contributed by atoms with E-state index in [1.165, 1.54) is 6.20 Å². The Balaban J connectivity index is 1.26. The zero-order chi connectivity index (χ0) is 21.7. The molecule has 31 heavy (non-hydrogen) atoms. The van der Waals surface area contributed by atoms with E-state index in [9.17, 15) is 18.0 Å². The molecule has 0 spiro atoms. The normalized spacial score (nSPS) is 20.3. The highest BCUT2D eigenvalue weighted by molar-refractivity contribution is 5.90. The molecule has 2 aliphatic rings. The summed E-state index contributed by atoms with van der Waals surface area (Å²) in [6.45, 7) is 0. The average molecular weight is 428 g/mol. The number of amides is 2. The molecule has 7 nitrogen and oxygen atoms in total. The first-order valence-corrected chi connectivity index (χ1v) is 9.31. The standard InChI is InChI=1S/C21H15F3N4O3/c22-12-7-14(24)15(8-13(12)23)27-21(29)28-19-18-11-5-9(1-2-16(11)31-20(18)19)30-10-3-4-26-17(25)6-10/h1-8,18-20H,(H2,25,26)(H2,27,28,29). The number of aromatic nitrogens is 1. The van der Waals surface area contributed by atoms with Crippen LogP contribution in [0.4, 0.5) is 29.5 Å². The number of pyridine rings is 1. The van der Waals surface area contributed by atoms with Crippen LogP contribution < -0.4 is 25.8 Å². The Hall–Kier alpha value is -3.95. The van der Waals surface area contributed by atoms with Crippen LogP contribution in [0, 0.1) is 17.5 Å². The van der Waals surface area contributed by atoms with Crippen molar-refractivity contribution < 1.29 is 27.4 Å². The lowest BCUT2D eigenvalue weighted by atomic mass is 10.1. The highest BCUT2D eigenvalue weighted by Crippen LogP contribution is 2.54. The molecule has 1 fully saturated rings. The third kappa shape index (κ3) is 3.56. The highest BCUT2D eigenvalue weighted by atomic mass is 19.2. The Kier molecular flexibility index (Phi) is 4.35. The fourth-order valence-electron chi connectivity index (χ4n) is 3.63. The van der Waals surface area contributed by atoms with Gasteiger partial charge in [-0.3, -0.25) is 0 Å². The molecule has 1 aliphatic carbocycles. The van der Waals surface area contributed by atoms with Crippen molar-refractivity contribution >= 4 is 17.5 Å². The number of carbonyl (C=O) groups excluding carboxylic acids is 1. The summed E-state index contributed by atoms with van der Waals surface area (Å²) in [5.74, 6) is -1.68. The molecule has 4 N–H and O–H groups in total. The molecule has 0 bridgehead atoms. The summed E-state index contributed by atoms with van der Waals surface area (Å²) in [5, 5.41) is 4.84. The van der Waals surface area contributed by atoms with Gasteiger partial charge in [-0.2, -0.15) is 0 Å². The summed E-state index contributed by atoms with van der Waals surface area (Å²) in [6, 6.07) is 8.44. The van der Waals surface area contributed by atoms with Gasteiger partial charge in [0, 0.05) is 30.0 Å². The lowest BCUT2D eigenvalue weighted by molar-refractivity contribution is 0.246. The second-order valence-corrected chi connectivity index (χ2v) is 7.20. The van der Waals surface area contributed by atoms with Crippen LogP contribution in [0.25, 0.3) is 0 Å². The van der Waals surface area contributed by atoms with Gasteiger partial charge in [-0.1, -0.05) is 0 Å². The molecule has 0 radical (unpaired) electrons. The fourth-order valence-corrected chi connectivity index (χ4v) is 3.63. The zero-order valence-electron chi connectivity index (χ0n) is 15.7. The maximum Gasteiger partial charge on any atom is 0.319 e. The van der Waals surface area contributed by atoms with Crippen LogP contribution in [-0.4, -0.2) is 23.2 Å². The van der Waals surface area contributed by atoms with Crippen molar-refractivity contribution in [3.05, 3.63) is 71.7 Å². The molecule has 1 saturated carbocycles. The molecule has 1 aromatic heterocycles. The highest BCUT2D eigenvalue weighted by Gasteiger charge is 2.59. The summed E-state index contributed by atoms with van der Waals surface area (Å²) >= 11 is 0. The lowest BCUT2D eigenvalue weighted by Gasteiger charge is -2.13. The summed E-state index contributed by atoms with van der Waals surface area (Å²) in [7, 11) is 0. The van der Waals surface area contributed by atoms with E-state index < -0.39 is 29.2 Å². The predicted molar refractivity (Wildman–Crippen MR) is 105 cm³/mol. The van der Waals surface area contributed by atoms with Crippen LogP contribution in [0.1, 0.15) is 11.5 Å².